The van der Waals surface area contributed by atoms with E-state index in [9.17, 15) is 4.79 Å². The number of benzene rings is 1. The van der Waals surface area contributed by atoms with Crippen molar-refractivity contribution in [1.82, 2.24) is 35.4 Å². The molecule has 4 aromatic rings. The van der Waals surface area contributed by atoms with Gasteiger partial charge < -0.3 is 5.32 Å². The van der Waals surface area contributed by atoms with Crippen LogP contribution >= 0.6 is 0 Å². The smallest absolute Gasteiger partial charge is 0.288 e. The van der Waals surface area contributed by atoms with E-state index in [0.717, 1.165) is 16.8 Å². The Morgan fingerprint density at radius 3 is 2.74 bits per heavy atom. The summed E-state index contributed by atoms with van der Waals surface area (Å²) in [6.45, 7) is 2.02. The van der Waals surface area contributed by atoms with Gasteiger partial charge in [0.2, 0.25) is 5.95 Å². The van der Waals surface area contributed by atoms with Crippen LogP contribution in [0.25, 0.3) is 11.3 Å². The fourth-order valence-corrected chi connectivity index (χ4v) is 3.28. The third-order valence-electron chi connectivity index (χ3n) is 4.56. The summed E-state index contributed by atoms with van der Waals surface area (Å²) >= 11 is 0. The third-order valence-corrected chi connectivity index (χ3v) is 4.56. The molecule has 9 nitrogen and oxygen atoms in total. The van der Waals surface area contributed by atoms with Gasteiger partial charge in [-0.15, -0.1) is 0 Å². The number of aromatic nitrogens is 7. The average molecular weight is 358 g/mol. The number of hydrogen-bond donors (Lipinski definition) is 2. The Balaban J connectivity index is 1.82. The van der Waals surface area contributed by atoms with Gasteiger partial charge in [0.25, 0.3) is 5.56 Å². The molecular formula is C18H14N8O. The molecule has 27 heavy (non-hydrogen) atoms. The van der Waals surface area contributed by atoms with Crippen molar-refractivity contribution in [1.29, 1.82) is 0 Å². The van der Waals surface area contributed by atoms with Crippen molar-refractivity contribution in [2.75, 3.05) is 5.32 Å². The van der Waals surface area contributed by atoms with Gasteiger partial charge in [0.15, 0.2) is 0 Å². The molecule has 1 atom stereocenters. The lowest BCUT2D eigenvalue weighted by Crippen LogP contribution is -2.29. The molecule has 0 saturated carbocycles. The van der Waals surface area contributed by atoms with Crippen LogP contribution in [0.1, 0.15) is 22.9 Å². The van der Waals surface area contributed by atoms with Crippen molar-refractivity contribution in [2.45, 2.75) is 13.0 Å². The van der Waals surface area contributed by atoms with Crippen LogP contribution in [0.3, 0.4) is 0 Å². The Hall–Kier alpha value is -3.88. The fraction of sp³-hybridized carbons (Fsp3) is 0.111. The predicted octanol–water partition coefficient (Wildman–Crippen LogP) is 1.82. The summed E-state index contributed by atoms with van der Waals surface area (Å²) in [5.74, 6) is 0.379. The molecule has 5 rings (SSSR count). The number of anilines is 2. The second kappa shape index (κ2) is 5.84. The molecule has 1 unspecified atom stereocenters. The maximum atomic E-state index is 12.5. The summed E-state index contributed by atoms with van der Waals surface area (Å²) in [5.41, 5.74) is 4.10. The Bertz CT molecular complexity index is 1180. The number of tetrazole rings is 1. The van der Waals surface area contributed by atoms with Gasteiger partial charge in [-0.05, 0) is 29.5 Å². The average Bonchev–Trinajstić information content (AvgIpc) is 3.17. The second-order valence-corrected chi connectivity index (χ2v) is 6.29. The van der Waals surface area contributed by atoms with Crippen LogP contribution in [-0.4, -0.2) is 35.4 Å². The summed E-state index contributed by atoms with van der Waals surface area (Å²) in [7, 11) is 0. The number of hydrogen-bond acceptors (Lipinski definition) is 7. The maximum absolute atomic E-state index is 12.5. The van der Waals surface area contributed by atoms with Gasteiger partial charge in [0.1, 0.15) is 11.7 Å². The monoisotopic (exact) mass is 358 g/mol. The number of pyridine rings is 1. The predicted molar refractivity (Wildman–Crippen MR) is 97.6 cm³/mol. The maximum Gasteiger partial charge on any atom is 0.288 e. The zero-order valence-electron chi connectivity index (χ0n) is 14.3. The topological polar surface area (TPSA) is 114 Å². The van der Waals surface area contributed by atoms with Crippen molar-refractivity contribution < 1.29 is 0 Å². The van der Waals surface area contributed by atoms with Crippen LogP contribution in [0.5, 0.6) is 0 Å². The van der Waals surface area contributed by atoms with Gasteiger partial charge in [0.05, 0.1) is 11.4 Å². The number of aromatic amines is 1. The number of nitrogens with one attached hydrogen (secondary N) is 2. The lowest BCUT2D eigenvalue weighted by atomic mass is 9.95. The van der Waals surface area contributed by atoms with E-state index >= 15 is 0 Å². The SMILES string of the molecule is Cc1ccc(-c2n[nH]c(=O)c3c2C(c2ccccn2)n2nnnc2N3)cc1. The first-order valence-corrected chi connectivity index (χ1v) is 8.38. The van der Waals surface area contributed by atoms with E-state index in [1.165, 1.54) is 0 Å². The minimum absolute atomic E-state index is 0.337. The number of rotatable bonds is 2. The molecule has 0 saturated heterocycles. The van der Waals surface area contributed by atoms with Crippen LogP contribution in [0, 0.1) is 6.92 Å². The van der Waals surface area contributed by atoms with Crippen molar-refractivity contribution in [3.63, 3.8) is 0 Å². The van der Waals surface area contributed by atoms with E-state index in [1.54, 1.807) is 10.9 Å². The molecule has 0 amide bonds. The molecule has 4 heterocycles. The summed E-state index contributed by atoms with van der Waals surface area (Å²) < 4.78 is 1.61. The van der Waals surface area contributed by atoms with Crippen LogP contribution in [0.2, 0.25) is 0 Å². The van der Waals surface area contributed by atoms with Crippen molar-refractivity contribution >= 4 is 11.6 Å². The first-order chi connectivity index (χ1) is 13.2. The van der Waals surface area contributed by atoms with Gasteiger partial charge >= 0.3 is 0 Å². The Morgan fingerprint density at radius 1 is 1.11 bits per heavy atom. The lowest BCUT2D eigenvalue weighted by molar-refractivity contribution is 0.556. The van der Waals surface area contributed by atoms with E-state index < -0.39 is 6.04 Å². The molecule has 0 fully saturated rings. The molecule has 2 N–H and O–H groups in total. The summed E-state index contributed by atoms with van der Waals surface area (Å²) in [5, 5.41) is 21.8. The highest BCUT2D eigenvalue weighted by Crippen LogP contribution is 2.40. The number of nitrogens with zero attached hydrogens (tertiary/aromatic N) is 6. The van der Waals surface area contributed by atoms with Crippen molar-refractivity contribution in [2.24, 2.45) is 0 Å². The Morgan fingerprint density at radius 2 is 1.96 bits per heavy atom. The van der Waals surface area contributed by atoms with E-state index in [1.807, 2.05) is 49.4 Å². The van der Waals surface area contributed by atoms with Crippen LogP contribution < -0.4 is 10.9 Å². The van der Waals surface area contributed by atoms with Gasteiger partial charge in [-0.25, -0.2) is 5.10 Å². The summed E-state index contributed by atoms with van der Waals surface area (Å²) in [6.07, 6.45) is 1.70. The fourth-order valence-electron chi connectivity index (χ4n) is 3.28. The minimum Gasteiger partial charge on any atom is -0.318 e. The third kappa shape index (κ3) is 2.40. The molecule has 132 valence electrons. The van der Waals surface area contributed by atoms with Crippen LogP contribution in [-0.2, 0) is 0 Å². The quantitative estimate of drug-likeness (QED) is 0.495. The van der Waals surface area contributed by atoms with E-state index in [2.05, 4.69) is 36.0 Å². The van der Waals surface area contributed by atoms with Crippen LogP contribution in [0.4, 0.5) is 11.6 Å². The number of fused-ring (bicyclic) bond motifs is 2. The van der Waals surface area contributed by atoms with E-state index in [0.29, 0.717) is 22.9 Å². The molecule has 0 aliphatic carbocycles. The van der Waals surface area contributed by atoms with E-state index in [4.69, 9.17) is 0 Å². The molecule has 9 heteroatoms. The Kier molecular flexibility index (Phi) is 3.32. The number of H-pyrrole nitrogens is 1. The molecule has 1 aromatic carbocycles. The normalized spacial score (nSPS) is 14.9. The molecule has 0 bridgehead atoms. The van der Waals surface area contributed by atoms with Gasteiger partial charge in [-0.1, -0.05) is 41.0 Å². The van der Waals surface area contributed by atoms with Crippen molar-refractivity contribution in [3.05, 3.63) is 75.8 Å². The molecule has 0 radical (unpaired) electrons. The molecule has 1 aliphatic rings. The lowest BCUT2D eigenvalue weighted by Gasteiger charge is -2.27. The van der Waals surface area contributed by atoms with Crippen LogP contribution in [0.15, 0.2) is 53.5 Å². The van der Waals surface area contributed by atoms with E-state index in [-0.39, 0.29) is 5.56 Å². The summed E-state index contributed by atoms with van der Waals surface area (Å²) in [4.78, 5) is 17.0. The molecule has 3 aromatic heterocycles. The highest BCUT2D eigenvalue weighted by atomic mass is 16.1. The first-order valence-electron chi connectivity index (χ1n) is 8.38. The molecule has 0 spiro atoms. The second-order valence-electron chi connectivity index (χ2n) is 6.29. The largest absolute Gasteiger partial charge is 0.318 e. The zero-order valence-corrected chi connectivity index (χ0v) is 14.3. The standard InChI is InChI=1S/C18H14N8O/c1-10-5-7-11(8-6-10)14-13-15(17(27)22-21-14)20-18-23-24-25-26(18)16(13)12-4-2-3-9-19-12/h2-9,16H,1H3,(H,22,27)(H,20,23,25). The Labute approximate surface area is 153 Å². The summed E-state index contributed by atoms with van der Waals surface area (Å²) in [6, 6.07) is 13.1. The van der Waals surface area contributed by atoms with Gasteiger partial charge in [-0.3, -0.25) is 9.78 Å². The number of aryl methyl sites for hydroxylation is 1. The van der Waals surface area contributed by atoms with Gasteiger partial charge in [-0.2, -0.15) is 9.78 Å². The first kappa shape index (κ1) is 15.4. The highest BCUT2D eigenvalue weighted by molar-refractivity contribution is 5.75. The highest BCUT2D eigenvalue weighted by Gasteiger charge is 2.34. The minimum atomic E-state index is -0.474. The van der Waals surface area contributed by atoms with Crippen molar-refractivity contribution in [3.8, 4) is 11.3 Å². The zero-order chi connectivity index (χ0) is 18.4. The molecular weight excluding hydrogens is 344 g/mol. The molecule has 1 aliphatic heterocycles. The van der Waals surface area contributed by atoms with Gasteiger partial charge in [0, 0.05) is 17.3 Å².